The van der Waals surface area contributed by atoms with Crippen LogP contribution in [0.3, 0.4) is 0 Å². The van der Waals surface area contributed by atoms with Crippen molar-refractivity contribution < 1.29 is 4.74 Å². The third kappa shape index (κ3) is 4.62. The van der Waals surface area contributed by atoms with E-state index >= 15 is 0 Å². The van der Waals surface area contributed by atoms with Gasteiger partial charge in [0.05, 0.1) is 7.11 Å². The van der Waals surface area contributed by atoms with Crippen molar-refractivity contribution in [3.8, 4) is 5.75 Å². The number of ether oxygens (including phenoxy) is 1. The molecule has 0 radical (unpaired) electrons. The first-order valence-electron chi connectivity index (χ1n) is 6.49. The summed E-state index contributed by atoms with van der Waals surface area (Å²) >= 11 is 11.4. The second-order valence-electron chi connectivity index (χ2n) is 4.64. The van der Waals surface area contributed by atoms with Crippen molar-refractivity contribution >= 4 is 34.6 Å². The van der Waals surface area contributed by atoms with Gasteiger partial charge in [0, 0.05) is 24.3 Å². The first-order valence-corrected chi connectivity index (χ1v) is 7.28. The van der Waals surface area contributed by atoms with Crippen molar-refractivity contribution in [2.24, 2.45) is 0 Å². The Hall–Kier alpha value is -1.78. The molecule has 0 amide bonds. The fourth-order valence-electron chi connectivity index (χ4n) is 1.87. The summed E-state index contributed by atoms with van der Waals surface area (Å²) < 4.78 is 5.13. The van der Waals surface area contributed by atoms with Gasteiger partial charge in [0.2, 0.25) is 0 Å². The molecular weight excluding hydrogens is 304 g/mol. The van der Waals surface area contributed by atoms with Gasteiger partial charge in [-0.05, 0) is 54.2 Å². The lowest BCUT2D eigenvalue weighted by Crippen LogP contribution is -2.30. The number of hydrogen-bond donors (Lipinski definition) is 1. The van der Waals surface area contributed by atoms with Gasteiger partial charge in [-0.25, -0.2) is 0 Å². The Morgan fingerprint density at radius 1 is 1.24 bits per heavy atom. The second-order valence-corrected chi connectivity index (χ2v) is 5.47. The normalized spacial score (nSPS) is 10.0. The van der Waals surface area contributed by atoms with Crippen molar-refractivity contribution in [3.63, 3.8) is 0 Å². The highest BCUT2D eigenvalue weighted by Crippen LogP contribution is 2.16. The Labute approximate surface area is 135 Å². The Balaban J connectivity index is 1.95. The van der Waals surface area contributed by atoms with E-state index in [1.807, 2.05) is 60.5 Å². The number of halogens is 1. The molecule has 0 saturated heterocycles. The van der Waals surface area contributed by atoms with E-state index in [2.05, 4.69) is 5.32 Å². The minimum absolute atomic E-state index is 0.653. The summed E-state index contributed by atoms with van der Waals surface area (Å²) in [5, 5.41) is 4.58. The average Bonchev–Trinajstić information content (AvgIpc) is 2.48. The van der Waals surface area contributed by atoms with Gasteiger partial charge in [-0.3, -0.25) is 0 Å². The summed E-state index contributed by atoms with van der Waals surface area (Å²) in [7, 11) is 3.59. The van der Waals surface area contributed by atoms with E-state index < -0.39 is 0 Å². The van der Waals surface area contributed by atoms with Gasteiger partial charge >= 0.3 is 0 Å². The van der Waals surface area contributed by atoms with Crippen LogP contribution in [0.2, 0.25) is 5.02 Å². The summed E-state index contributed by atoms with van der Waals surface area (Å²) in [5.41, 5.74) is 2.04. The van der Waals surface area contributed by atoms with Crippen molar-refractivity contribution in [2.45, 2.75) is 6.54 Å². The standard InChI is InChI=1S/C16H17ClN2OS/c1-19(11-12-4-3-5-13(17)10-12)16(21)18-14-6-8-15(20-2)9-7-14/h3-10H,11H2,1-2H3,(H,18,21). The predicted octanol–water partition coefficient (Wildman–Crippen LogP) is 4.18. The van der Waals surface area contributed by atoms with E-state index in [1.54, 1.807) is 7.11 Å². The number of rotatable bonds is 4. The van der Waals surface area contributed by atoms with E-state index in [0.29, 0.717) is 11.7 Å². The van der Waals surface area contributed by atoms with Crippen molar-refractivity contribution in [1.82, 2.24) is 4.90 Å². The minimum Gasteiger partial charge on any atom is -0.497 e. The maximum absolute atomic E-state index is 5.99. The van der Waals surface area contributed by atoms with Gasteiger partial charge in [0.15, 0.2) is 5.11 Å². The van der Waals surface area contributed by atoms with Crippen molar-refractivity contribution in [3.05, 3.63) is 59.1 Å². The highest BCUT2D eigenvalue weighted by molar-refractivity contribution is 7.80. The average molecular weight is 321 g/mol. The van der Waals surface area contributed by atoms with Crippen LogP contribution in [0, 0.1) is 0 Å². The van der Waals surface area contributed by atoms with E-state index in [9.17, 15) is 0 Å². The van der Waals surface area contributed by atoms with Gasteiger partial charge < -0.3 is 15.0 Å². The smallest absolute Gasteiger partial charge is 0.173 e. The van der Waals surface area contributed by atoms with Gasteiger partial charge in [-0.2, -0.15) is 0 Å². The van der Waals surface area contributed by atoms with Crippen LogP contribution >= 0.6 is 23.8 Å². The highest BCUT2D eigenvalue weighted by atomic mass is 35.5. The molecule has 0 aliphatic rings. The molecule has 21 heavy (non-hydrogen) atoms. The predicted molar refractivity (Wildman–Crippen MR) is 92.1 cm³/mol. The van der Waals surface area contributed by atoms with Gasteiger partial charge in [-0.15, -0.1) is 0 Å². The number of anilines is 1. The summed E-state index contributed by atoms with van der Waals surface area (Å²) in [4.78, 5) is 1.96. The van der Waals surface area contributed by atoms with Crippen LogP contribution in [-0.4, -0.2) is 24.2 Å². The SMILES string of the molecule is COc1ccc(NC(=S)N(C)Cc2cccc(Cl)c2)cc1. The molecule has 2 aromatic rings. The maximum Gasteiger partial charge on any atom is 0.173 e. The highest BCUT2D eigenvalue weighted by Gasteiger charge is 2.06. The Morgan fingerprint density at radius 2 is 1.95 bits per heavy atom. The van der Waals surface area contributed by atoms with Crippen LogP contribution in [0.4, 0.5) is 5.69 Å². The summed E-state index contributed by atoms with van der Waals surface area (Å²) in [6, 6.07) is 15.4. The maximum atomic E-state index is 5.99. The molecule has 0 atom stereocenters. The summed E-state index contributed by atoms with van der Waals surface area (Å²) in [6.45, 7) is 0.697. The van der Waals surface area contributed by atoms with Crippen molar-refractivity contribution in [2.75, 3.05) is 19.5 Å². The van der Waals surface area contributed by atoms with Crippen LogP contribution in [0.15, 0.2) is 48.5 Å². The molecule has 0 aromatic heterocycles. The summed E-state index contributed by atoms with van der Waals surface area (Å²) in [6.07, 6.45) is 0. The Kier molecular flexibility index (Phi) is 5.42. The lowest BCUT2D eigenvalue weighted by Gasteiger charge is -2.21. The van der Waals surface area contributed by atoms with Crippen LogP contribution in [0.1, 0.15) is 5.56 Å². The van der Waals surface area contributed by atoms with Crippen LogP contribution in [-0.2, 0) is 6.54 Å². The molecule has 0 fully saturated rings. The number of thiocarbonyl (C=S) groups is 1. The van der Waals surface area contributed by atoms with E-state index in [4.69, 9.17) is 28.6 Å². The molecule has 0 heterocycles. The molecule has 0 bridgehead atoms. The molecule has 0 unspecified atom stereocenters. The molecule has 0 aliphatic heterocycles. The largest absolute Gasteiger partial charge is 0.497 e. The molecule has 2 aromatic carbocycles. The molecule has 0 saturated carbocycles. The molecule has 2 rings (SSSR count). The fraction of sp³-hybridized carbons (Fsp3) is 0.188. The lowest BCUT2D eigenvalue weighted by atomic mass is 10.2. The van der Waals surface area contributed by atoms with Crippen molar-refractivity contribution in [1.29, 1.82) is 0 Å². The molecule has 5 heteroatoms. The number of methoxy groups -OCH3 is 1. The molecular formula is C16H17ClN2OS. The zero-order chi connectivity index (χ0) is 15.2. The minimum atomic E-state index is 0.653. The fourth-order valence-corrected chi connectivity index (χ4v) is 2.27. The van der Waals surface area contributed by atoms with Gasteiger partial charge in [0.25, 0.3) is 0 Å². The monoisotopic (exact) mass is 320 g/mol. The Morgan fingerprint density at radius 3 is 2.57 bits per heavy atom. The number of nitrogens with zero attached hydrogens (tertiary/aromatic N) is 1. The zero-order valence-electron chi connectivity index (χ0n) is 12.0. The van der Waals surface area contributed by atoms with Gasteiger partial charge in [-0.1, -0.05) is 23.7 Å². The van der Waals surface area contributed by atoms with Gasteiger partial charge in [0.1, 0.15) is 5.75 Å². The molecule has 110 valence electrons. The lowest BCUT2D eigenvalue weighted by molar-refractivity contribution is 0.415. The number of hydrogen-bond acceptors (Lipinski definition) is 2. The molecule has 3 nitrogen and oxygen atoms in total. The first kappa shape index (κ1) is 15.6. The molecule has 0 spiro atoms. The van der Waals surface area contributed by atoms with E-state index in [1.165, 1.54) is 0 Å². The molecule has 0 aliphatic carbocycles. The quantitative estimate of drug-likeness (QED) is 0.854. The summed E-state index contributed by atoms with van der Waals surface area (Å²) in [5.74, 6) is 0.818. The third-order valence-electron chi connectivity index (χ3n) is 3.00. The van der Waals surface area contributed by atoms with Crippen LogP contribution < -0.4 is 10.1 Å². The third-order valence-corrected chi connectivity index (χ3v) is 3.65. The van der Waals surface area contributed by atoms with Crippen LogP contribution in [0.25, 0.3) is 0 Å². The van der Waals surface area contributed by atoms with E-state index in [0.717, 1.165) is 22.0 Å². The molecule has 1 N–H and O–H groups in total. The second kappa shape index (κ2) is 7.29. The number of nitrogens with one attached hydrogen (secondary N) is 1. The van der Waals surface area contributed by atoms with E-state index in [-0.39, 0.29) is 0 Å². The zero-order valence-corrected chi connectivity index (χ0v) is 13.5. The van der Waals surface area contributed by atoms with Crippen LogP contribution in [0.5, 0.6) is 5.75 Å². The first-order chi connectivity index (χ1) is 10.1. The Bertz CT molecular complexity index is 616. The topological polar surface area (TPSA) is 24.5 Å². The number of benzene rings is 2.